The molecule has 0 aliphatic carbocycles. The van der Waals surface area contributed by atoms with E-state index in [-0.39, 0.29) is 6.04 Å². The van der Waals surface area contributed by atoms with Crippen molar-refractivity contribution in [3.05, 3.63) is 41.3 Å². The average molecular weight is 245 g/mol. The van der Waals surface area contributed by atoms with E-state index in [1.807, 2.05) is 26.4 Å². The number of hydrogen-bond donors (Lipinski definition) is 2. The lowest BCUT2D eigenvalue weighted by Gasteiger charge is -2.18. The third-order valence-electron chi connectivity index (χ3n) is 2.86. The van der Waals surface area contributed by atoms with E-state index >= 15 is 0 Å². The molecule has 0 amide bonds. The predicted octanol–water partition coefficient (Wildman–Crippen LogP) is 1.40. The second-order valence-corrected chi connectivity index (χ2v) is 4.43. The summed E-state index contributed by atoms with van der Waals surface area (Å²) in [5, 5.41) is 7.64. The zero-order valence-electron chi connectivity index (χ0n) is 11.0. The van der Waals surface area contributed by atoms with Gasteiger partial charge < -0.3 is 11.1 Å². The first-order valence-electron chi connectivity index (χ1n) is 6.05. The summed E-state index contributed by atoms with van der Waals surface area (Å²) < 4.78 is 1.79. The number of anilines is 1. The van der Waals surface area contributed by atoms with Gasteiger partial charge in [-0.05, 0) is 25.1 Å². The van der Waals surface area contributed by atoms with Crippen LogP contribution in [0.4, 0.5) is 5.82 Å². The Kier molecular flexibility index (Phi) is 3.62. The quantitative estimate of drug-likeness (QED) is 0.854. The Morgan fingerprint density at radius 3 is 2.83 bits per heavy atom. The highest BCUT2D eigenvalue weighted by Gasteiger charge is 2.18. The highest BCUT2D eigenvalue weighted by Crippen LogP contribution is 2.25. The topological polar surface area (TPSA) is 68.8 Å². The van der Waals surface area contributed by atoms with Gasteiger partial charge in [0, 0.05) is 30.6 Å². The van der Waals surface area contributed by atoms with Gasteiger partial charge >= 0.3 is 0 Å². The van der Waals surface area contributed by atoms with Crippen LogP contribution in [-0.4, -0.2) is 21.3 Å². The zero-order chi connectivity index (χ0) is 13.1. The molecule has 0 bridgehead atoms. The van der Waals surface area contributed by atoms with Crippen molar-refractivity contribution in [1.82, 2.24) is 20.1 Å². The smallest absolute Gasteiger partial charge is 0.128 e. The van der Waals surface area contributed by atoms with Gasteiger partial charge in [0.2, 0.25) is 0 Å². The van der Waals surface area contributed by atoms with Crippen LogP contribution in [0.15, 0.2) is 24.7 Å². The summed E-state index contributed by atoms with van der Waals surface area (Å²) in [4.78, 5) is 4.22. The van der Waals surface area contributed by atoms with E-state index in [9.17, 15) is 0 Å². The van der Waals surface area contributed by atoms with Gasteiger partial charge in [0.05, 0.1) is 12.2 Å². The summed E-state index contributed by atoms with van der Waals surface area (Å²) in [7, 11) is 1.91. The predicted molar refractivity (Wildman–Crippen MR) is 72.1 cm³/mol. The molecule has 0 saturated carbocycles. The fraction of sp³-hybridized carbons (Fsp3) is 0.385. The van der Waals surface area contributed by atoms with Crippen molar-refractivity contribution in [3.63, 3.8) is 0 Å². The van der Waals surface area contributed by atoms with Gasteiger partial charge in [0.25, 0.3) is 0 Å². The second-order valence-electron chi connectivity index (χ2n) is 4.43. The lowest BCUT2D eigenvalue weighted by atomic mass is 10.0. The number of aryl methyl sites for hydroxylation is 2. The van der Waals surface area contributed by atoms with Gasteiger partial charge in [0.15, 0.2) is 0 Å². The summed E-state index contributed by atoms with van der Waals surface area (Å²) >= 11 is 0. The normalized spacial score (nSPS) is 12.6. The first-order valence-corrected chi connectivity index (χ1v) is 6.05. The van der Waals surface area contributed by atoms with Crippen molar-refractivity contribution in [3.8, 4) is 0 Å². The van der Waals surface area contributed by atoms with Crippen LogP contribution in [0.25, 0.3) is 0 Å². The molecule has 3 N–H and O–H groups in total. The number of nitrogens with zero attached hydrogens (tertiary/aromatic N) is 3. The van der Waals surface area contributed by atoms with Crippen LogP contribution in [0.2, 0.25) is 0 Å². The Bertz CT molecular complexity index is 532. The summed E-state index contributed by atoms with van der Waals surface area (Å²) in [5.74, 6) is 0.565. The minimum Gasteiger partial charge on any atom is -0.383 e. The van der Waals surface area contributed by atoms with E-state index in [2.05, 4.69) is 28.4 Å². The maximum atomic E-state index is 5.99. The lowest BCUT2D eigenvalue weighted by Crippen LogP contribution is -2.23. The van der Waals surface area contributed by atoms with Crippen LogP contribution < -0.4 is 11.1 Å². The van der Waals surface area contributed by atoms with E-state index in [0.29, 0.717) is 5.82 Å². The van der Waals surface area contributed by atoms with Gasteiger partial charge in [-0.3, -0.25) is 4.68 Å². The molecule has 1 atom stereocenters. The molecule has 0 radical (unpaired) electrons. The summed E-state index contributed by atoms with van der Waals surface area (Å²) in [6.45, 7) is 4.94. The highest BCUT2D eigenvalue weighted by molar-refractivity contribution is 5.46. The van der Waals surface area contributed by atoms with Crippen molar-refractivity contribution in [2.45, 2.75) is 19.9 Å². The number of pyridine rings is 1. The molecule has 0 aromatic carbocycles. The lowest BCUT2D eigenvalue weighted by molar-refractivity contribution is 0.629. The van der Waals surface area contributed by atoms with Crippen LogP contribution >= 0.6 is 0 Å². The maximum absolute atomic E-state index is 5.99. The molecule has 1 unspecified atom stereocenters. The van der Waals surface area contributed by atoms with Crippen molar-refractivity contribution >= 4 is 5.82 Å². The third-order valence-corrected chi connectivity index (χ3v) is 2.86. The van der Waals surface area contributed by atoms with Gasteiger partial charge in [0.1, 0.15) is 5.82 Å². The molecule has 2 rings (SSSR count). The van der Waals surface area contributed by atoms with E-state index < -0.39 is 0 Å². The van der Waals surface area contributed by atoms with Crippen LogP contribution in [-0.2, 0) is 7.05 Å². The van der Waals surface area contributed by atoms with Crippen molar-refractivity contribution in [2.75, 3.05) is 12.3 Å². The van der Waals surface area contributed by atoms with Crippen LogP contribution in [0, 0.1) is 6.92 Å². The Labute approximate surface area is 107 Å². The van der Waals surface area contributed by atoms with E-state index in [1.165, 1.54) is 0 Å². The van der Waals surface area contributed by atoms with Crippen molar-refractivity contribution in [2.24, 2.45) is 7.05 Å². The molecule has 2 heterocycles. The number of nitrogens with one attached hydrogen (secondary N) is 1. The van der Waals surface area contributed by atoms with Crippen LogP contribution in [0.1, 0.15) is 29.7 Å². The molecule has 0 aliphatic rings. The summed E-state index contributed by atoms with van der Waals surface area (Å²) in [5.41, 5.74) is 9.19. The van der Waals surface area contributed by atoms with Gasteiger partial charge in [-0.25, -0.2) is 4.98 Å². The molecule has 0 fully saturated rings. The van der Waals surface area contributed by atoms with Crippen molar-refractivity contribution < 1.29 is 0 Å². The number of rotatable bonds is 4. The third kappa shape index (κ3) is 2.51. The van der Waals surface area contributed by atoms with E-state index in [1.54, 1.807) is 10.9 Å². The molecule has 0 saturated heterocycles. The average Bonchev–Trinajstić information content (AvgIpc) is 2.76. The molecule has 96 valence electrons. The number of aromatic nitrogens is 3. The van der Waals surface area contributed by atoms with E-state index in [0.717, 1.165) is 23.2 Å². The molecule has 0 spiro atoms. The van der Waals surface area contributed by atoms with Gasteiger partial charge in [-0.15, -0.1) is 0 Å². The van der Waals surface area contributed by atoms with Crippen LogP contribution in [0.3, 0.4) is 0 Å². The number of hydrogen-bond acceptors (Lipinski definition) is 4. The summed E-state index contributed by atoms with van der Waals surface area (Å²) in [6.07, 6.45) is 5.63. The molecule has 0 aliphatic heterocycles. The highest BCUT2D eigenvalue weighted by atomic mass is 15.2. The molecular weight excluding hydrogens is 226 g/mol. The number of nitrogen functional groups attached to an aromatic ring is 1. The monoisotopic (exact) mass is 245 g/mol. The summed E-state index contributed by atoms with van der Waals surface area (Å²) in [6, 6.07) is 2.11. The molecule has 18 heavy (non-hydrogen) atoms. The minimum atomic E-state index is 0.0381. The zero-order valence-corrected chi connectivity index (χ0v) is 11.0. The Hall–Kier alpha value is -1.88. The molecule has 2 aromatic rings. The van der Waals surface area contributed by atoms with Crippen molar-refractivity contribution in [1.29, 1.82) is 0 Å². The molecular formula is C13H19N5. The Morgan fingerprint density at radius 1 is 1.44 bits per heavy atom. The minimum absolute atomic E-state index is 0.0381. The van der Waals surface area contributed by atoms with Crippen LogP contribution in [0.5, 0.6) is 0 Å². The standard InChI is InChI=1S/C13H19N5/c1-4-15-12(10-7-17-18(3)8-10)11-5-9(2)6-16-13(11)14/h5-8,12,15H,4H2,1-3H3,(H2,14,16). The first-order chi connectivity index (χ1) is 8.61. The molecule has 5 heteroatoms. The Morgan fingerprint density at radius 2 is 2.22 bits per heavy atom. The second kappa shape index (κ2) is 5.18. The van der Waals surface area contributed by atoms with Gasteiger partial charge in [-0.1, -0.05) is 6.92 Å². The number of nitrogens with two attached hydrogens (primary N) is 1. The SMILES string of the molecule is CCNC(c1cnn(C)c1)c1cc(C)cnc1N. The van der Waals surface area contributed by atoms with E-state index in [4.69, 9.17) is 5.73 Å². The largest absolute Gasteiger partial charge is 0.383 e. The molecule has 5 nitrogen and oxygen atoms in total. The first kappa shape index (κ1) is 12.6. The molecule has 2 aromatic heterocycles. The van der Waals surface area contributed by atoms with Gasteiger partial charge in [-0.2, -0.15) is 5.10 Å². The fourth-order valence-electron chi connectivity index (χ4n) is 2.03. The fourth-order valence-corrected chi connectivity index (χ4v) is 2.03. The Balaban J connectivity index is 2.44. The maximum Gasteiger partial charge on any atom is 0.128 e.